The van der Waals surface area contributed by atoms with E-state index in [9.17, 15) is 13.2 Å². The molecule has 0 fully saturated rings. The Balaban J connectivity index is 2.47. The monoisotopic (exact) mass is 318 g/mol. The van der Waals surface area contributed by atoms with E-state index in [1.54, 1.807) is 0 Å². The van der Waals surface area contributed by atoms with Crippen LogP contribution in [0.3, 0.4) is 0 Å². The predicted octanol–water partition coefficient (Wildman–Crippen LogP) is 1.21. The van der Waals surface area contributed by atoms with Gasteiger partial charge in [0.05, 0.1) is 0 Å². The topological polar surface area (TPSA) is 97.6 Å². The van der Waals surface area contributed by atoms with Gasteiger partial charge in [0, 0.05) is 33.0 Å². The molecule has 0 spiro atoms. The summed E-state index contributed by atoms with van der Waals surface area (Å²) in [6.07, 6.45) is 3.91. The zero-order valence-corrected chi connectivity index (χ0v) is 13.1. The number of nitrogens with zero attached hydrogens (tertiary/aromatic N) is 1. The largest absolute Gasteiger partial charge is 0.477 e. The van der Waals surface area contributed by atoms with Crippen LogP contribution < -0.4 is 4.72 Å². The van der Waals surface area contributed by atoms with Crippen LogP contribution >= 0.6 is 0 Å². The first kappa shape index (κ1) is 17.7. The van der Waals surface area contributed by atoms with Crippen molar-refractivity contribution in [1.29, 1.82) is 0 Å². The molecule has 8 heteroatoms. The van der Waals surface area contributed by atoms with Crippen molar-refractivity contribution in [2.75, 3.05) is 19.8 Å². The van der Waals surface area contributed by atoms with Crippen LogP contribution in [0.5, 0.6) is 0 Å². The third-order valence-corrected chi connectivity index (χ3v) is 4.34. The fourth-order valence-corrected chi connectivity index (χ4v) is 2.85. The molecule has 120 valence electrons. The van der Waals surface area contributed by atoms with Gasteiger partial charge in [-0.15, -0.1) is 0 Å². The molecule has 1 aromatic heterocycles. The minimum absolute atomic E-state index is 0.0469. The van der Waals surface area contributed by atoms with Crippen LogP contribution in [0.15, 0.2) is 17.2 Å². The van der Waals surface area contributed by atoms with Crippen LogP contribution in [0, 0.1) is 0 Å². The maximum absolute atomic E-state index is 12.0. The van der Waals surface area contributed by atoms with Gasteiger partial charge in [0.2, 0.25) is 10.0 Å². The molecule has 0 amide bonds. The Labute approximate surface area is 125 Å². The van der Waals surface area contributed by atoms with E-state index in [-0.39, 0.29) is 17.1 Å². The van der Waals surface area contributed by atoms with Crippen LogP contribution in [-0.2, 0) is 21.8 Å². The van der Waals surface area contributed by atoms with Crippen molar-refractivity contribution in [3.05, 3.63) is 18.0 Å². The number of hydrogen-bond acceptors (Lipinski definition) is 4. The quantitative estimate of drug-likeness (QED) is 0.632. The van der Waals surface area contributed by atoms with Gasteiger partial charge in [-0.05, 0) is 18.9 Å². The molecule has 0 saturated carbocycles. The predicted molar refractivity (Wildman–Crippen MR) is 77.9 cm³/mol. The van der Waals surface area contributed by atoms with Crippen molar-refractivity contribution in [2.24, 2.45) is 7.05 Å². The standard InChI is InChI=1S/C13H22N2O5S/c1-3-4-7-20-8-5-6-14-21(18,19)11-9-12(13(16)17)15(2)10-11/h9-10,14H,3-8H2,1-2H3,(H,16,17). The molecule has 7 nitrogen and oxygen atoms in total. The Morgan fingerprint density at radius 2 is 2.05 bits per heavy atom. The first-order chi connectivity index (χ1) is 9.88. The third-order valence-electron chi connectivity index (χ3n) is 2.91. The molecule has 0 aliphatic rings. The van der Waals surface area contributed by atoms with Gasteiger partial charge < -0.3 is 14.4 Å². The lowest BCUT2D eigenvalue weighted by molar-refractivity contribution is 0.0686. The summed E-state index contributed by atoms with van der Waals surface area (Å²) in [6.45, 7) is 3.51. The number of rotatable bonds is 10. The minimum atomic E-state index is -3.68. The van der Waals surface area contributed by atoms with Gasteiger partial charge >= 0.3 is 5.97 Å². The van der Waals surface area contributed by atoms with Crippen molar-refractivity contribution >= 4 is 16.0 Å². The van der Waals surface area contributed by atoms with E-state index in [2.05, 4.69) is 11.6 Å². The first-order valence-corrected chi connectivity index (χ1v) is 8.34. The Bertz CT molecular complexity index is 565. The summed E-state index contributed by atoms with van der Waals surface area (Å²) in [4.78, 5) is 10.8. The highest BCUT2D eigenvalue weighted by molar-refractivity contribution is 7.89. The number of carboxylic acid groups (broad SMARTS) is 1. The van der Waals surface area contributed by atoms with Gasteiger partial charge in [-0.25, -0.2) is 17.9 Å². The number of aryl methyl sites for hydroxylation is 1. The molecule has 1 aromatic rings. The van der Waals surface area contributed by atoms with Crippen molar-refractivity contribution in [3.8, 4) is 0 Å². The van der Waals surface area contributed by atoms with E-state index in [0.29, 0.717) is 19.6 Å². The molecular formula is C13H22N2O5S. The molecule has 2 N–H and O–H groups in total. The van der Waals surface area contributed by atoms with Gasteiger partial charge in [-0.3, -0.25) is 0 Å². The molecule has 1 heterocycles. The molecule has 0 aliphatic carbocycles. The van der Waals surface area contributed by atoms with E-state index in [0.717, 1.165) is 18.9 Å². The average Bonchev–Trinajstić information content (AvgIpc) is 2.81. The smallest absolute Gasteiger partial charge is 0.352 e. The molecule has 0 radical (unpaired) electrons. The summed E-state index contributed by atoms with van der Waals surface area (Å²) in [7, 11) is -2.19. The fraction of sp³-hybridized carbons (Fsp3) is 0.615. The van der Waals surface area contributed by atoms with E-state index >= 15 is 0 Å². The van der Waals surface area contributed by atoms with Gasteiger partial charge in [0.15, 0.2) is 0 Å². The number of ether oxygens (including phenoxy) is 1. The minimum Gasteiger partial charge on any atom is -0.477 e. The summed E-state index contributed by atoms with van der Waals surface area (Å²) in [5, 5.41) is 8.91. The Kier molecular flexibility index (Phi) is 6.86. The SMILES string of the molecule is CCCCOCCCNS(=O)(=O)c1cc(C(=O)O)n(C)c1. The normalized spacial score (nSPS) is 11.7. The third kappa shape index (κ3) is 5.49. The van der Waals surface area contributed by atoms with Gasteiger partial charge in [0.1, 0.15) is 10.6 Å². The van der Waals surface area contributed by atoms with E-state index in [1.807, 2.05) is 0 Å². The van der Waals surface area contributed by atoms with Crippen molar-refractivity contribution < 1.29 is 23.1 Å². The first-order valence-electron chi connectivity index (χ1n) is 6.85. The number of hydrogen-bond donors (Lipinski definition) is 2. The summed E-state index contributed by atoms with van der Waals surface area (Å²) >= 11 is 0. The fourth-order valence-electron chi connectivity index (χ4n) is 1.71. The molecule has 0 saturated heterocycles. The van der Waals surface area contributed by atoms with Crippen molar-refractivity contribution in [3.63, 3.8) is 0 Å². The van der Waals surface area contributed by atoms with Crippen molar-refractivity contribution in [2.45, 2.75) is 31.1 Å². The summed E-state index contributed by atoms with van der Waals surface area (Å²) in [5.41, 5.74) is -0.0710. The molecule has 0 bridgehead atoms. The van der Waals surface area contributed by atoms with Crippen LogP contribution in [0.2, 0.25) is 0 Å². The van der Waals surface area contributed by atoms with Crippen LogP contribution in [0.1, 0.15) is 36.7 Å². The number of aromatic nitrogens is 1. The van der Waals surface area contributed by atoms with E-state index in [4.69, 9.17) is 9.84 Å². The van der Waals surface area contributed by atoms with E-state index < -0.39 is 16.0 Å². The number of aromatic carboxylic acids is 1. The van der Waals surface area contributed by atoms with Crippen molar-refractivity contribution in [1.82, 2.24) is 9.29 Å². The molecular weight excluding hydrogens is 296 g/mol. The van der Waals surface area contributed by atoms with Crippen LogP contribution in [0.25, 0.3) is 0 Å². The zero-order valence-electron chi connectivity index (χ0n) is 12.3. The number of nitrogens with one attached hydrogen (secondary N) is 1. The lowest BCUT2D eigenvalue weighted by Crippen LogP contribution is -2.25. The number of carboxylic acids is 1. The molecule has 1 rings (SSSR count). The maximum atomic E-state index is 12.0. The van der Waals surface area contributed by atoms with E-state index in [1.165, 1.54) is 17.8 Å². The van der Waals surface area contributed by atoms with Gasteiger partial charge in [-0.1, -0.05) is 13.3 Å². The highest BCUT2D eigenvalue weighted by Gasteiger charge is 2.19. The Morgan fingerprint density at radius 3 is 2.62 bits per heavy atom. The van der Waals surface area contributed by atoms with Crippen LogP contribution in [-0.4, -0.2) is 43.8 Å². The molecule has 0 unspecified atom stereocenters. The second-order valence-corrected chi connectivity index (χ2v) is 6.46. The van der Waals surface area contributed by atoms with Gasteiger partial charge in [-0.2, -0.15) is 0 Å². The molecule has 0 atom stereocenters. The van der Waals surface area contributed by atoms with Gasteiger partial charge in [0.25, 0.3) is 0 Å². The summed E-state index contributed by atoms with van der Waals surface area (Å²) in [6, 6.07) is 1.14. The highest BCUT2D eigenvalue weighted by Crippen LogP contribution is 2.13. The Hall–Kier alpha value is -1.38. The molecule has 0 aliphatic heterocycles. The molecule has 0 aromatic carbocycles. The molecule has 21 heavy (non-hydrogen) atoms. The number of unbranched alkanes of at least 4 members (excludes halogenated alkanes) is 1. The second kappa shape index (κ2) is 8.16. The highest BCUT2D eigenvalue weighted by atomic mass is 32.2. The maximum Gasteiger partial charge on any atom is 0.352 e. The second-order valence-electron chi connectivity index (χ2n) is 4.69. The summed E-state index contributed by atoms with van der Waals surface area (Å²) in [5.74, 6) is -1.16. The summed E-state index contributed by atoms with van der Waals surface area (Å²) < 4.78 is 33.0. The zero-order chi connectivity index (χ0) is 15.9. The Morgan fingerprint density at radius 1 is 1.38 bits per heavy atom. The van der Waals surface area contributed by atoms with Crippen LogP contribution in [0.4, 0.5) is 0 Å². The lowest BCUT2D eigenvalue weighted by atomic mass is 10.4. The lowest BCUT2D eigenvalue weighted by Gasteiger charge is -2.05. The number of sulfonamides is 1. The number of carbonyl (C=O) groups is 1. The average molecular weight is 318 g/mol.